The number of nitrogens with two attached hydrogens (primary N) is 2. The zero-order valence-electron chi connectivity index (χ0n) is 14.1. The van der Waals surface area contributed by atoms with Gasteiger partial charge in [0.05, 0.1) is 16.9 Å². The second kappa shape index (κ2) is 6.96. The molecule has 3 rings (SSSR count). The molecule has 24 heavy (non-hydrogen) atoms. The van der Waals surface area contributed by atoms with Gasteiger partial charge in [-0.2, -0.15) is 5.10 Å². The summed E-state index contributed by atoms with van der Waals surface area (Å²) in [5.41, 5.74) is 13.2. The zero-order valence-corrected chi connectivity index (χ0v) is 14.9. The summed E-state index contributed by atoms with van der Waals surface area (Å²) in [6.07, 6.45) is 3.79. The van der Waals surface area contributed by atoms with Gasteiger partial charge in [-0.15, -0.1) is 11.3 Å². The average Bonchev–Trinajstić information content (AvgIpc) is 2.96. The maximum absolute atomic E-state index is 10.5. The summed E-state index contributed by atoms with van der Waals surface area (Å²) in [6, 6.07) is 0.253. The fourth-order valence-corrected chi connectivity index (χ4v) is 3.84. The van der Waals surface area contributed by atoms with Crippen molar-refractivity contribution in [2.75, 3.05) is 29.0 Å². The van der Waals surface area contributed by atoms with Crippen molar-refractivity contribution >= 4 is 27.8 Å². The summed E-state index contributed by atoms with van der Waals surface area (Å²) in [5.74, 6) is 0.952. The van der Waals surface area contributed by atoms with E-state index in [0.717, 1.165) is 48.9 Å². The minimum absolute atomic E-state index is 0.253. The van der Waals surface area contributed by atoms with E-state index in [1.165, 1.54) is 11.3 Å². The van der Waals surface area contributed by atoms with E-state index in [1.54, 1.807) is 6.20 Å². The van der Waals surface area contributed by atoms with E-state index < -0.39 is 6.23 Å². The summed E-state index contributed by atoms with van der Waals surface area (Å²) >= 11 is 1.37. The molecule has 1 unspecified atom stereocenters. The fraction of sp³-hybridized carbons (Fsp3) is 0.600. The number of anilines is 3. The lowest BCUT2D eigenvalue weighted by Crippen LogP contribution is -2.29. The third-order valence-electron chi connectivity index (χ3n) is 4.32. The molecule has 2 aromatic rings. The van der Waals surface area contributed by atoms with Gasteiger partial charge in [-0.25, -0.2) is 4.98 Å². The molecule has 0 bridgehead atoms. The standard InChI is InChI=1S/C15H25N7OS/c1-9-19-12(13(17)24-9)14(23)20-11-8-18-21(2)15(11)22-6-3-4-10(16)5-7-22/h8,10,14,20,23H,3-7,16-17H2,1-2H3/t10-,14?/m1/s1. The minimum Gasteiger partial charge on any atom is -0.389 e. The average molecular weight is 351 g/mol. The number of hydrogen-bond donors (Lipinski definition) is 4. The quantitative estimate of drug-likeness (QED) is 0.611. The van der Waals surface area contributed by atoms with Crippen molar-refractivity contribution in [3.05, 3.63) is 16.9 Å². The first-order valence-corrected chi connectivity index (χ1v) is 8.97. The molecular formula is C15H25N7OS. The van der Waals surface area contributed by atoms with Gasteiger partial charge in [0.1, 0.15) is 16.5 Å². The maximum Gasteiger partial charge on any atom is 0.171 e. The van der Waals surface area contributed by atoms with Gasteiger partial charge in [-0.05, 0) is 26.2 Å². The van der Waals surface area contributed by atoms with Crippen molar-refractivity contribution < 1.29 is 5.11 Å². The first-order chi connectivity index (χ1) is 11.5. The van der Waals surface area contributed by atoms with E-state index in [1.807, 2.05) is 18.7 Å². The molecule has 8 nitrogen and oxygen atoms in total. The van der Waals surface area contributed by atoms with Crippen LogP contribution in [0.15, 0.2) is 6.20 Å². The number of nitrogens with one attached hydrogen (secondary N) is 1. The molecule has 2 atom stereocenters. The Kier molecular flexibility index (Phi) is 4.93. The van der Waals surface area contributed by atoms with Crippen LogP contribution in [0.5, 0.6) is 0 Å². The highest BCUT2D eigenvalue weighted by Crippen LogP contribution is 2.32. The number of nitrogen functional groups attached to an aromatic ring is 1. The lowest BCUT2D eigenvalue weighted by atomic mass is 10.1. The van der Waals surface area contributed by atoms with Gasteiger partial charge >= 0.3 is 0 Å². The van der Waals surface area contributed by atoms with Gasteiger partial charge in [-0.1, -0.05) is 0 Å². The monoisotopic (exact) mass is 351 g/mol. The smallest absolute Gasteiger partial charge is 0.171 e. The van der Waals surface area contributed by atoms with E-state index in [4.69, 9.17) is 11.5 Å². The normalized spacial score (nSPS) is 20.0. The molecule has 2 aromatic heterocycles. The number of aromatic nitrogens is 3. The van der Waals surface area contributed by atoms with Crippen LogP contribution >= 0.6 is 11.3 Å². The van der Waals surface area contributed by atoms with Gasteiger partial charge in [0.2, 0.25) is 0 Å². The second-order valence-corrected chi connectivity index (χ2v) is 7.45. The SMILES string of the molecule is Cc1nc(C(O)Nc2cnn(C)c2N2CCC[C@@H](N)CC2)c(N)s1. The predicted molar refractivity (Wildman–Crippen MR) is 97.1 cm³/mol. The molecule has 1 aliphatic heterocycles. The highest BCUT2D eigenvalue weighted by molar-refractivity contribution is 7.15. The number of rotatable bonds is 4. The van der Waals surface area contributed by atoms with Crippen molar-refractivity contribution in [2.45, 2.75) is 38.5 Å². The Morgan fingerprint density at radius 1 is 1.42 bits per heavy atom. The zero-order chi connectivity index (χ0) is 17.3. The number of aliphatic hydroxyl groups is 1. The highest BCUT2D eigenvalue weighted by Gasteiger charge is 2.23. The van der Waals surface area contributed by atoms with E-state index in [9.17, 15) is 5.11 Å². The molecule has 1 fully saturated rings. The van der Waals surface area contributed by atoms with E-state index in [2.05, 4.69) is 20.3 Å². The Hall–Kier alpha value is -1.84. The van der Waals surface area contributed by atoms with Crippen LogP contribution < -0.4 is 21.7 Å². The van der Waals surface area contributed by atoms with Crippen molar-refractivity contribution in [2.24, 2.45) is 12.8 Å². The van der Waals surface area contributed by atoms with Crippen molar-refractivity contribution in [1.29, 1.82) is 0 Å². The van der Waals surface area contributed by atoms with Crippen LogP contribution in [0.1, 0.15) is 36.2 Å². The summed E-state index contributed by atoms with van der Waals surface area (Å²) in [4.78, 5) is 6.57. The Labute approximate surface area is 145 Å². The van der Waals surface area contributed by atoms with Crippen LogP contribution in [0.25, 0.3) is 0 Å². The molecule has 6 N–H and O–H groups in total. The molecule has 9 heteroatoms. The Morgan fingerprint density at radius 3 is 2.92 bits per heavy atom. The van der Waals surface area contributed by atoms with Crippen LogP contribution in [0, 0.1) is 6.92 Å². The van der Waals surface area contributed by atoms with E-state index >= 15 is 0 Å². The van der Waals surface area contributed by atoms with Gasteiger partial charge in [-0.3, -0.25) is 4.68 Å². The number of thiazole rings is 1. The van der Waals surface area contributed by atoms with Crippen LogP contribution in [-0.4, -0.2) is 39.0 Å². The van der Waals surface area contributed by atoms with Crippen molar-refractivity contribution in [3.8, 4) is 0 Å². The summed E-state index contributed by atoms with van der Waals surface area (Å²) in [7, 11) is 1.90. The molecule has 3 heterocycles. The van der Waals surface area contributed by atoms with Crippen LogP contribution in [0.4, 0.5) is 16.5 Å². The Balaban J connectivity index is 1.80. The molecule has 0 aliphatic carbocycles. The molecule has 132 valence electrons. The van der Waals surface area contributed by atoms with Gasteiger partial charge < -0.3 is 26.8 Å². The predicted octanol–water partition coefficient (Wildman–Crippen LogP) is 1.19. The summed E-state index contributed by atoms with van der Waals surface area (Å²) in [6.45, 7) is 3.67. The summed E-state index contributed by atoms with van der Waals surface area (Å²) < 4.78 is 1.82. The summed E-state index contributed by atoms with van der Waals surface area (Å²) in [5, 5.41) is 19.3. The number of nitrogens with zero attached hydrogens (tertiary/aromatic N) is 4. The van der Waals surface area contributed by atoms with Gasteiger partial charge in [0, 0.05) is 26.2 Å². The first kappa shape index (κ1) is 17.0. The Morgan fingerprint density at radius 2 is 2.21 bits per heavy atom. The molecular weight excluding hydrogens is 326 g/mol. The minimum atomic E-state index is -0.966. The first-order valence-electron chi connectivity index (χ1n) is 8.15. The fourth-order valence-electron chi connectivity index (χ4n) is 3.11. The van der Waals surface area contributed by atoms with Crippen molar-refractivity contribution in [1.82, 2.24) is 14.8 Å². The lowest BCUT2D eigenvalue weighted by Gasteiger charge is -2.25. The van der Waals surface area contributed by atoms with Crippen molar-refractivity contribution in [3.63, 3.8) is 0 Å². The maximum atomic E-state index is 10.5. The molecule has 0 radical (unpaired) electrons. The third kappa shape index (κ3) is 3.47. The second-order valence-electron chi connectivity index (χ2n) is 6.21. The molecule has 0 saturated carbocycles. The largest absolute Gasteiger partial charge is 0.389 e. The third-order valence-corrected chi connectivity index (χ3v) is 5.13. The van der Waals surface area contributed by atoms with E-state index in [0.29, 0.717) is 10.7 Å². The van der Waals surface area contributed by atoms with E-state index in [-0.39, 0.29) is 6.04 Å². The van der Waals surface area contributed by atoms with Gasteiger partial charge in [0.15, 0.2) is 6.23 Å². The lowest BCUT2D eigenvalue weighted by molar-refractivity contribution is 0.204. The Bertz CT molecular complexity index is 698. The number of aryl methyl sites for hydroxylation is 2. The molecule has 0 aromatic carbocycles. The van der Waals surface area contributed by atoms with Gasteiger partial charge in [0.25, 0.3) is 0 Å². The van der Waals surface area contributed by atoms with Crippen LogP contribution in [-0.2, 0) is 7.05 Å². The molecule has 0 amide bonds. The molecule has 1 aliphatic rings. The van der Waals surface area contributed by atoms with Crippen LogP contribution in [0.2, 0.25) is 0 Å². The number of hydrogen-bond acceptors (Lipinski definition) is 8. The van der Waals surface area contributed by atoms with Crippen LogP contribution in [0.3, 0.4) is 0 Å². The highest BCUT2D eigenvalue weighted by atomic mass is 32.1. The number of aliphatic hydroxyl groups excluding tert-OH is 1. The molecule has 0 spiro atoms. The molecule has 1 saturated heterocycles. The topological polar surface area (TPSA) is 118 Å².